The molecule has 0 aromatic carbocycles. The molecule has 134 valence electrons. The summed E-state index contributed by atoms with van der Waals surface area (Å²) in [6.45, 7) is 6.27. The summed E-state index contributed by atoms with van der Waals surface area (Å²) in [5.41, 5.74) is 0. The zero-order valence-electron chi connectivity index (χ0n) is 15.4. The number of hydrogen-bond donors (Lipinski definition) is 1. The van der Waals surface area contributed by atoms with E-state index in [0.717, 1.165) is 56.9 Å². The molecule has 2 fully saturated rings. The van der Waals surface area contributed by atoms with Crippen molar-refractivity contribution < 1.29 is 4.74 Å². The molecule has 0 amide bonds. The van der Waals surface area contributed by atoms with Crippen molar-refractivity contribution in [3.05, 3.63) is 0 Å². The lowest BCUT2D eigenvalue weighted by Gasteiger charge is -2.37. The molecular weight excluding hydrogens is 306 g/mol. The Morgan fingerprint density at radius 3 is 2.48 bits per heavy atom. The van der Waals surface area contributed by atoms with Crippen LogP contribution in [-0.4, -0.2) is 62.3 Å². The van der Waals surface area contributed by atoms with Crippen LogP contribution in [0.15, 0.2) is 4.99 Å². The van der Waals surface area contributed by atoms with E-state index >= 15 is 0 Å². The van der Waals surface area contributed by atoms with E-state index in [1.54, 1.807) is 0 Å². The second kappa shape index (κ2) is 9.16. The zero-order valence-corrected chi connectivity index (χ0v) is 16.3. The standard InChI is InChI=1S/C18H35N3OS/c1-15-5-7-16(8-6-15)13-21(3)17(19-2)20-14-18(23-4)9-11-22-12-10-18/h15-16H,5-14H2,1-4H3,(H,19,20). The van der Waals surface area contributed by atoms with E-state index in [0.29, 0.717) is 4.75 Å². The van der Waals surface area contributed by atoms with Gasteiger partial charge in [0.1, 0.15) is 0 Å². The molecule has 2 rings (SSSR count). The van der Waals surface area contributed by atoms with Crippen LogP contribution in [0.3, 0.4) is 0 Å². The third-order valence-corrected chi connectivity index (χ3v) is 7.07. The number of rotatable bonds is 5. The first-order valence-electron chi connectivity index (χ1n) is 9.13. The maximum atomic E-state index is 5.53. The Balaban J connectivity index is 1.81. The van der Waals surface area contributed by atoms with E-state index in [2.05, 4.69) is 35.4 Å². The fraction of sp³-hybridized carbons (Fsp3) is 0.944. The summed E-state index contributed by atoms with van der Waals surface area (Å²) in [5, 5.41) is 3.63. The molecule has 23 heavy (non-hydrogen) atoms. The summed E-state index contributed by atoms with van der Waals surface area (Å²) in [4.78, 5) is 6.84. The van der Waals surface area contributed by atoms with Gasteiger partial charge in [0, 0.05) is 45.1 Å². The molecule has 1 saturated heterocycles. The quantitative estimate of drug-likeness (QED) is 0.615. The van der Waals surface area contributed by atoms with Crippen LogP contribution < -0.4 is 5.32 Å². The molecule has 2 aliphatic rings. The lowest BCUT2D eigenvalue weighted by molar-refractivity contribution is 0.0781. The van der Waals surface area contributed by atoms with Crippen LogP contribution in [0, 0.1) is 11.8 Å². The van der Waals surface area contributed by atoms with Gasteiger partial charge in [-0.2, -0.15) is 11.8 Å². The average Bonchev–Trinajstić information content (AvgIpc) is 2.58. The van der Waals surface area contributed by atoms with Crippen molar-refractivity contribution in [3.63, 3.8) is 0 Å². The highest BCUT2D eigenvalue weighted by atomic mass is 32.2. The topological polar surface area (TPSA) is 36.9 Å². The number of nitrogens with zero attached hydrogens (tertiary/aromatic N) is 2. The number of nitrogens with one attached hydrogen (secondary N) is 1. The second-order valence-corrected chi connectivity index (χ2v) is 8.68. The predicted molar refractivity (Wildman–Crippen MR) is 101 cm³/mol. The van der Waals surface area contributed by atoms with Crippen LogP contribution >= 0.6 is 11.8 Å². The molecule has 0 radical (unpaired) electrons. The third-order valence-electron chi connectivity index (χ3n) is 5.65. The van der Waals surface area contributed by atoms with Gasteiger partial charge in [0.2, 0.25) is 0 Å². The SMILES string of the molecule is CN=C(NCC1(SC)CCOCC1)N(C)CC1CCC(C)CC1. The van der Waals surface area contributed by atoms with Crippen LogP contribution in [0.1, 0.15) is 45.4 Å². The first-order chi connectivity index (χ1) is 11.1. The van der Waals surface area contributed by atoms with Crippen molar-refractivity contribution >= 4 is 17.7 Å². The molecule has 1 saturated carbocycles. The number of hydrogen-bond acceptors (Lipinski definition) is 3. The highest BCUT2D eigenvalue weighted by Gasteiger charge is 2.32. The van der Waals surface area contributed by atoms with Gasteiger partial charge in [0.25, 0.3) is 0 Å². The Kier molecular flexibility index (Phi) is 7.54. The monoisotopic (exact) mass is 341 g/mol. The molecule has 0 atom stereocenters. The van der Waals surface area contributed by atoms with Crippen molar-refractivity contribution in [2.75, 3.05) is 46.7 Å². The van der Waals surface area contributed by atoms with Crippen molar-refractivity contribution in [1.29, 1.82) is 0 Å². The molecule has 5 heteroatoms. The number of aliphatic imine (C=N–C) groups is 1. The van der Waals surface area contributed by atoms with Gasteiger partial charge in [-0.1, -0.05) is 19.8 Å². The normalized spacial score (nSPS) is 28.4. The molecule has 1 aliphatic carbocycles. The molecule has 1 aliphatic heterocycles. The highest BCUT2D eigenvalue weighted by Crippen LogP contribution is 2.33. The molecule has 0 aromatic heterocycles. The molecule has 0 bridgehead atoms. The van der Waals surface area contributed by atoms with E-state index < -0.39 is 0 Å². The number of thioether (sulfide) groups is 1. The summed E-state index contributed by atoms with van der Waals surface area (Å²) >= 11 is 1.98. The first-order valence-corrected chi connectivity index (χ1v) is 10.4. The minimum atomic E-state index is 0.301. The van der Waals surface area contributed by atoms with Crippen LogP contribution in [0.4, 0.5) is 0 Å². The van der Waals surface area contributed by atoms with Gasteiger partial charge < -0.3 is 15.0 Å². The van der Waals surface area contributed by atoms with Crippen LogP contribution in [-0.2, 0) is 4.74 Å². The summed E-state index contributed by atoms with van der Waals surface area (Å²) in [6.07, 6.45) is 10.00. The Morgan fingerprint density at radius 2 is 1.91 bits per heavy atom. The molecule has 0 spiro atoms. The number of ether oxygens (including phenoxy) is 1. The van der Waals surface area contributed by atoms with Gasteiger partial charge in [-0.15, -0.1) is 0 Å². The smallest absolute Gasteiger partial charge is 0.193 e. The molecule has 4 nitrogen and oxygen atoms in total. The first kappa shape index (κ1) is 18.9. The summed E-state index contributed by atoms with van der Waals surface area (Å²) in [7, 11) is 4.08. The van der Waals surface area contributed by atoms with E-state index in [1.807, 2.05) is 18.8 Å². The van der Waals surface area contributed by atoms with Crippen LogP contribution in [0.2, 0.25) is 0 Å². The number of guanidine groups is 1. The summed E-state index contributed by atoms with van der Waals surface area (Å²) in [5.74, 6) is 2.79. The Morgan fingerprint density at radius 1 is 1.26 bits per heavy atom. The molecule has 1 heterocycles. The fourth-order valence-corrected chi connectivity index (χ4v) is 4.60. The minimum Gasteiger partial charge on any atom is -0.381 e. The lowest BCUT2D eigenvalue weighted by Crippen LogP contribution is -2.49. The van der Waals surface area contributed by atoms with Crippen LogP contribution in [0.5, 0.6) is 0 Å². The van der Waals surface area contributed by atoms with E-state index in [9.17, 15) is 0 Å². The molecule has 1 N–H and O–H groups in total. The molecule has 0 unspecified atom stereocenters. The van der Waals surface area contributed by atoms with Crippen molar-refractivity contribution in [1.82, 2.24) is 10.2 Å². The zero-order chi connectivity index (χ0) is 16.7. The van der Waals surface area contributed by atoms with Gasteiger partial charge in [-0.3, -0.25) is 4.99 Å². The maximum absolute atomic E-state index is 5.53. The second-order valence-electron chi connectivity index (χ2n) is 7.41. The minimum absolute atomic E-state index is 0.301. The van der Waals surface area contributed by atoms with Crippen LogP contribution in [0.25, 0.3) is 0 Å². The van der Waals surface area contributed by atoms with Crippen molar-refractivity contribution in [3.8, 4) is 0 Å². The van der Waals surface area contributed by atoms with E-state index in [-0.39, 0.29) is 0 Å². The largest absolute Gasteiger partial charge is 0.381 e. The average molecular weight is 342 g/mol. The van der Waals surface area contributed by atoms with Gasteiger partial charge in [0.05, 0.1) is 0 Å². The van der Waals surface area contributed by atoms with Gasteiger partial charge in [-0.25, -0.2) is 0 Å². The third kappa shape index (κ3) is 5.56. The van der Waals surface area contributed by atoms with E-state index in [4.69, 9.17) is 4.74 Å². The fourth-order valence-electron chi connectivity index (χ4n) is 3.81. The summed E-state index contributed by atoms with van der Waals surface area (Å²) < 4.78 is 5.84. The van der Waals surface area contributed by atoms with Gasteiger partial charge >= 0.3 is 0 Å². The highest BCUT2D eigenvalue weighted by molar-refractivity contribution is 8.00. The van der Waals surface area contributed by atoms with Crippen molar-refractivity contribution in [2.45, 2.75) is 50.2 Å². The molecule has 0 aromatic rings. The van der Waals surface area contributed by atoms with Gasteiger partial charge in [0.15, 0.2) is 5.96 Å². The summed E-state index contributed by atoms with van der Waals surface area (Å²) in [6, 6.07) is 0. The van der Waals surface area contributed by atoms with E-state index in [1.165, 1.54) is 25.7 Å². The predicted octanol–water partition coefficient (Wildman–Crippen LogP) is 3.23. The van der Waals surface area contributed by atoms with Gasteiger partial charge in [-0.05, 0) is 43.8 Å². The Labute approximate surface area is 146 Å². The lowest BCUT2D eigenvalue weighted by atomic mass is 9.83. The maximum Gasteiger partial charge on any atom is 0.193 e. The van der Waals surface area contributed by atoms with Crippen molar-refractivity contribution in [2.24, 2.45) is 16.8 Å². The Bertz CT molecular complexity index is 374. The Hall–Kier alpha value is -0.420. The molecular formula is C18H35N3OS.